The van der Waals surface area contributed by atoms with Crippen molar-refractivity contribution in [1.29, 1.82) is 0 Å². The molecule has 0 atom stereocenters. The van der Waals surface area contributed by atoms with Crippen LogP contribution in [0.3, 0.4) is 0 Å². The molecule has 0 aliphatic carbocycles. The molecule has 1 amide bonds. The number of hydrogen-bond acceptors (Lipinski definition) is 3. The lowest BCUT2D eigenvalue weighted by Gasteiger charge is -2.24. The van der Waals surface area contributed by atoms with Crippen LogP contribution in [0.4, 0.5) is 0 Å². The Bertz CT molecular complexity index is 390. The first-order chi connectivity index (χ1) is 9.21. The predicted molar refractivity (Wildman–Crippen MR) is 82.2 cm³/mol. The second-order valence-corrected chi connectivity index (χ2v) is 5.29. The van der Waals surface area contributed by atoms with Crippen LogP contribution < -0.4 is 0 Å². The number of carbonyl (C=O) groups is 1. The lowest BCUT2D eigenvalue weighted by Crippen LogP contribution is -2.40. The first-order valence-electron chi connectivity index (χ1n) is 6.45. The summed E-state index contributed by atoms with van der Waals surface area (Å²) in [5.41, 5.74) is 0. The average molecular weight is 278 g/mol. The lowest BCUT2D eigenvalue weighted by molar-refractivity contribution is -0.131. The van der Waals surface area contributed by atoms with Gasteiger partial charge in [0.1, 0.15) is 0 Å². The van der Waals surface area contributed by atoms with E-state index in [9.17, 15) is 4.79 Å². The summed E-state index contributed by atoms with van der Waals surface area (Å²) in [5.74, 6) is 0.123. The van der Waals surface area contributed by atoms with E-state index in [4.69, 9.17) is 0 Å². The molecule has 0 bridgehead atoms. The van der Waals surface area contributed by atoms with Crippen molar-refractivity contribution in [3.8, 4) is 0 Å². The van der Waals surface area contributed by atoms with Crippen molar-refractivity contribution in [3.05, 3.63) is 47.7 Å². The Hall–Kier alpha value is -1.39. The first kappa shape index (κ1) is 15.7. The molecule has 104 valence electrons. The summed E-state index contributed by atoms with van der Waals surface area (Å²) in [6.07, 6.45) is 3.49. The normalized spacial score (nSPS) is 10.4. The Balaban J connectivity index is 2.55. The SMILES string of the molecule is C=CCN(CC=C)C(=O)CN(CC)Cc1cccs1. The summed E-state index contributed by atoms with van der Waals surface area (Å²) >= 11 is 1.72. The Morgan fingerprint density at radius 3 is 2.53 bits per heavy atom. The number of nitrogens with zero attached hydrogens (tertiary/aromatic N) is 2. The minimum atomic E-state index is 0.123. The highest BCUT2D eigenvalue weighted by atomic mass is 32.1. The van der Waals surface area contributed by atoms with E-state index in [1.54, 1.807) is 28.4 Å². The van der Waals surface area contributed by atoms with Crippen LogP contribution in [0.1, 0.15) is 11.8 Å². The maximum Gasteiger partial charge on any atom is 0.237 e. The first-order valence-corrected chi connectivity index (χ1v) is 7.33. The van der Waals surface area contributed by atoms with Crippen molar-refractivity contribution in [1.82, 2.24) is 9.80 Å². The molecule has 0 spiro atoms. The van der Waals surface area contributed by atoms with Crippen molar-refractivity contribution in [2.75, 3.05) is 26.2 Å². The Labute approximate surface area is 119 Å². The lowest BCUT2D eigenvalue weighted by atomic mass is 10.3. The molecule has 1 heterocycles. The van der Waals surface area contributed by atoms with Crippen molar-refractivity contribution >= 4 is 17.2 Å². The van der Waals surface area contributed by atoms with Gasteiger partial charge in [0.2, 0.25) is 5.91 Å². The molecule has 0 saturated heterocycles. The van der Waals surface area contributed by atoms with E-state index in [2.05, 4.69) is 36.4 Å². The van der Waals surface area contributed by atoms with Crippen molar-refractivity contribution in [2.45, 2.75) is 13.5 Å². The molecule has 0 aromatic carbocycles. The van der Waals surface area contributed by atoms with Crippen LogP contribution in [0.25, 0.3) is 0 Å². The van der Waals surface area contributed by atoms with Crippen molar-refractivity contribution in [2.24, 2.45) is 0 Å². The van der Waals surface area contributed by atoms with Crippen molar-refractivity contribution in [3.63, 3.8) is 0 Å². The summed E-state index contributed by atoms with van der Waals surface area (Å²) in [6.45, 7) is 12.7. The number of carbonyl (C=O) groups excluding carboxylic acids is 1. The van der Waals surface area contributed by atoms with Gasteiger partial charge in [-0.1, -0.05) is 25.1 Å². The highest BCUT2D eigenvalue weighted by Gasteiger charge is 2.15. The highest BCUT2D eigenvalue weighted by Crippen LogP contribution is 2.11. The second kappa shape index (κ2) is 8.67. The van der Waals surface area contributed by atoms with E-state index in [0.29, 0.717) is 19.6 Å². The number of hydrogen-bond donors (Lipinski definition) is 0. The second-order valence-electron chi connectivity index (χ2n) is 4.26. The number of likely N-dealkylation sites (N-methyl/N-ethyl adjacent to an activating group) is 1. The zero-order chi connectivity index (χ0) is 14.1. The monoisotopic (exact) mass is 278 g/mol. The smallest absolute Gasteiger partial charge is 0.237 e. The molecule has 1 aromatic rings. The van der Waals surface area contributed by atoms with Crippen LogP contribution in [-0.4, -0.2) is 41.9 Å². The largest absolute Gasteiger partial charge is 0.334 e. The summed E-state index contributed by atoms with van der Waals surface area (Å²) in [5, 5.41) is 2.06. The topological polar surface area (TPSA) is 23.6 Å². The number of amides is 1. The van der Waals surface area contributed by atoms with Crippen LogP contribution in [0, 0.1) is 0 Å². The van der Waals surface area contributed by atoms with Gasteiger partial charge in [-0.15, -0.1) is 24.5 Å². The standard InChI is InChI=1S/C15H22N2OS/c1-4-9-17(10-5-2)15(18)13-16(6-3)12-14-8-7-11-19-14/h4-5,7-8,11H,1-2,6,9-10,12-13H2,3H3. The highest BCUT2D eigenvalue weighted by molar-refractivity contribution is 7.09. The van der Waals surface area contributed by atoms with Gasteiger partial charge in [0, 0.05) is 24.5 Å². The fourth-order valence-electron chi connectivity index (χ4n) is 1.78. The average Bonchev–Trinajstić information content (AvgIpc) is 2.90. The van der Waals surface area contributed by atoms with Gasteiger partial charge in [-0.25, -0.2) is 0 Å². The fraction of sp³-hybridized carbons (Fsp3) is 0.400. The molecule has 19 heavy (non-hydrogen) atoms. The Kier molecular flexibility index (Phi) is 7.15. The summed E-state index contributed by atoms with van der Waals surface area (Å²) in [4.78, 5) is 17.4. The molecule has 1 rings (SSSR count). The molecule has 1 aromatic heterocycles. The van der Waals surface area contributed by atoms with Crippen LogP contribution >= 0.6 is 11.3 Å². The molecular formula is C15H22N2OS. The molecule has 4 heteroatoms. The molecule has 3 nitrogen and oxygen atoms in total. The van der Waals surface area contributed by atoms with E-state index in [1.807, 2.05) is 6.07 Å². The van der Waals surface area contributed by atoms with Crippen LogP contribution in [0.15, 0.2) is 42.8 Å². The molecule has 0 radical (unpaired) electrons. The third-order valence-corrected chi connectivity index (χ3v) is 3.68. The van der Waals surface area contributed by atoms with Gasteiger partial charge in [-0.05, 0) is 18.0 Å². The summed E-state index contributed by atoms with van der Waals surface area (Å²) < 4.78 is 0. The van der Waals surface area contributed by atoms with E-state index < -0.39 is 0 Å². The molecule has 0 N–H and O–H groups in total. The van der Waals surface area contributed by atoms with Gasteiger partial charge in [0.25, 0.3) is 0 Å². The third-order valence-electron chi connectivity index (χ3n) is 2.82. The molecule has 0 aliphatic heterocycles. The van der Waals surface area contributed by atoms with Crippen molar-refractivity contribution < 1.29 is 4.79 Å². The molecule has 0 unspecified atom stereocenters. The van der Waals surface area contributed by atoms with Gasteiger partial charge in [0.15, 0.2) is 0 Å². The number of thiophene rings is 1. The van der Waals surface area contributed by atoms with E-state index in [0.717, 1.165) is 13.1 Å². The zero-order valence-corrected chi connectivity index (χ0v) is 12.4. The Morgan fingerprint density at radius 1 is 1.37 bits per heavy atom. The molecule has 0 saturated carbocycles. The minimum absolute atomic E-state index is 0.123. The molecule has 0 fully saturated rings. The van der Waals surface area contributed by atoms with E-state index in [1.165, 1.54) is 4.88 Å². The maximum atomic E-state index is 12.2. The van der Waals surface area contributed by atoms with Gasteiger partial charge >= 0.3 is 0 Å². The van der Waals surface area contributed by atoms with Gasteiger partial charge < -0.3 is 4.90 Å². The van der Waals surface area contributed by atoms with E-state index >= 15 is 0 Å². The fourth-order valence-corrected chi connectivity index (χ4v) is 2.53. The van der Waals surface area contributed by atoms with Crippen LogP contribution in [0.5, 0.6) is 0 Å². The maximum absolute atomic E-state index is 12.2. The molecular weight excluding hydrogens is 256 g/mol. The quantitative estimate of drug-likeness (QED) is 0.649. The summed E-state index contributed by atoms with van der Waals surface area (Å²) in [6, 6.07) is 4.14. The predicted octanol–water partition coefficient (Wildman–Crippen LogP) is 2.77. The van der Waals surface area contributed by atoms with Gasteiger partial charge in [-0.3, -0.25) is 9.69 Å². The van der Waals surface area contributed by atoms with Gasteiger partial charge in [-0.2, -0.15) is 0 Å². The zero-order valence-electron chi connectivity index (χ0n) is 11.5. The Morgan fingerprint density at radius 2 is 2.05 bits per heavy atom. The minimum Gasteiger partial charge on any atom is -0.334 e. The van der Waals surface area contributed by atoms with E-state index in [-0.39, 0.29) is 5.91 Å². The number of rotatable bonds is 9. The van der Waals surface area contributed by atoms with Gasteiger partial charge in [0.05, 0.1) is 6.54 Å². The molecule has 0 aliphatic rings. The van der Waals surface area contributed by atoms with Crippen LogP contribution in [-0.2, 0) is 11.3 Å². The third kappa shape index (κ3) is 5.41. The van der Waals surface area contributed by atoms with Crippen LogP contribution in [0.2, 0.25) is 0 Å². The summed E-state index contributed by atoms with van der Waals surface area (Å²) in [7, 11) is 0.